The maximum Gasteiger partial charge on any atom is 0.192 e. The Labute approximate surface area is 199 Å². The van der Waals surface area contributed by atoms with Crippen molar-refractivity contribution in [3.05, 3.63) is 108 Å². The molecular weight excluding hydrogens is 424 g/mol. The number of hydrogen-bond acceptors (Lipinski definition) is 3. The minimum Gasteiger partial charge on any atom is -0.411 e. The number of hydrogen-bond donors (Lipinski definition) is 0. The standard InChI is InChI=1S/C29H36O3Si/c1-28(2,3)33(4,5)32-27(21-22-30)23-31-29(24-15-9-6-10-16-24,25-17-11-7-12-18-25)26-19-13-8-14-20-26/h6-20,22,27H,21,23H2,1-5H3/t27-/m1/s1. The maximum atomic E-state index is 11.6. The Hall–Kier alpha value is -2.53. The van der Waals surface area contributed by atoms with Gasteiger partial charge < -0.3 is 14.0 Å². The first kappa shape index (κ1) is 25.1. The van der Waals surface area contributed by atoms with E-state index in [0.29, 0.717) is 13.0 Å². The molecule has 0 aromatic heterocycles. The average molecular weight is 461 g/mol. The Morgan fingerprint density at radius 2 is 1.15 bits per heavy atom. The molecule has 3 aromatic rings. The molecule has 0 spiro atoms. The Bertz CT molecular complexity index is 899. The molecule has 0 heterocycles. The van der Waals surface area contributed by atoms with Gasteiger partial charge in [-0.1, -0.05) is 112 Å². The first-order chi connectivity index (χ1) is 15.7. The second-order valence-electron chi connectivity index (χ2n) is 9.99. The van der Waals surface area contributed by atoms with E-state index in [1.165, 1.54) is 0 Å². The third kappa shape index (κ3) is 5.70. The Morgan fingerprint density at radius 1 is 0.758 bits per heavy atom. The molecule has 0 aliphatic heterocycles. The van der Waals surface area contributed by atoms with Crippen molar-refractivity contribution in [3.8, 4) is 0 Å². The molecular formula is C29H36O3Si. The van der Waals surface area contributed by atoms with Crippen molar-refractivity contribution >= 4 is 14.6 Å². The summed E-state index contributed by atoms with van der Waals surface area (Å²) in [6.45, 7) is 11.4. The van der Waals surface area contributed by atoms with Gasteiger partial charge in [-0.05, 0) is 34.8 Å². The summed E-state index contributed by atoms with van der Waals surface area (Å²) >= 11 is 0. The predicted molar refractivity (Wildman–Crippen MR) is 138 cm³/mol. The first-order valence-corrected chi connectivity index (χ1v) is 14.5. The van der Waals surface area contributed by atoms with E-state index in [1.807, 2.05) is 54.6 Å². The van der Waals surface area contributed by atoms with E-state index < -0.39 is 13.9 Å². The molecule has 0 aliphatic rings. The smallest absolute Gasteiger partial charge is 0.192 e. The van der Waals surface area contributed by atoms with Crippen LogP contribution >= 0.6 is 0 Å². The SMILES string of the molecule is CC(C)(C)[Si](C)(C)O[C@H](CC=O)COC(c1ccccc1)(c1ccccc1)c1ccccc1. The predicted octanol–water partition coefficient (Wildman–Crippen LogP) is 6.97. The molecule has 3 aromatic carbocycles. The van der Waals surface area contributed by atoms with E-state index in [9.17, 15) is 4.79 Å². The first-order valence-electron chi connectivity index (χ1n) is 11.6. The molecule has 0 N–H and O–H groups in total. The van der Waals surface area contributed by atoms with Crippen LogP contribution in [0.15, 0.2) is 91.0 Å². The van der Waals surface area contributed by atoms with E-state index in [-0.39, 0.29) is 11.1 Å². The summed E-state index contributed by atoms with van der Waals surface area (Å²) in [7, 11) is -2.08. The second-order valence-corrected chi connectivity index (χ2v) is 14.7. The highest BCUT2D eigenvalue weighted by molar-refractivity contribution is 6.74. The van der Waals surface area contributed by atoms with Crippen LogP contribution in [0.3, 0.4) is 0 Å². The zero-order chi connectivity index (χ0) is 24.0. The molecule has 3 nitrogen and oxygen atoms in total. The number of benzene rings is 3. The quantitative estimate of drug-likeness (QED) is 0.186. The van der Waals surface area contributed by atoms with Crippen molar-refractivity contribution < 1.29 is 14.0 Å². The largest absolute Gasteiger partial charge is 0.411 e. The summed E-state index contributed by atoms with van der Waals surface area (Å²) in [6.07, 6.45) is 0.941. The van der Waals surface area contributed by atoms with Gasteiger partial charge in [0.05, 0.1) is 12.7 Å². The molecule has 1 atom stereocenters. The van der Waals surface area contributed by atoms with Crippen LogP contribution in [0.25, 0.3) is 0 Å². The topological polar surface area (TPSA) is 35.5 Å². The lowest BCUT2D eigenvalue weighted by molar-refractivity contribution is -0.111. The number of rotatable bonds is 10. The van der Waals surface area contributed by atoms with E-state index in [0.717, 1.165) is 23.0 Å². The van der Waals surface area contributed by atoms with E-state index in [1.54, 1.807) is 0 Å². The van der Waals surface area contributed by atoms with Gasteiger partial charge >= 0.3 is 0 Å². The molecule has 3 rings (SSSR count). The fraction of sp³-hybridized carbons (Fsp3) is 0.345. The molecule has 174 valence electrons. The minimum atomic E-state index is -2.08. The molecule has 0 amide bonds. The van der Waals surface area contributed by atoms with E-state index in [2.05, 4.69) is 70.3 Å². The summed E-state index contributed by atoms with van der Waals surface area (Å²) < 4.78 is 13.5. The third-order valence-corrected chi connectivity index (χ3v) is 11.2. The summed E-state index contributed by atoms with van der Waals surface area (Å²) in [5.74, 6) is 0. The van der Waals surface area contributed by atoms with Crippen LogP contribution in [0.1, 0.15) is 43.9 Å². The molecule has 0 saturated heterocycles. The van der Waals surface area contributed by atoms with Crippen LogP contribution in [-0.4, -0.2) is 27.3 Å². The van der Waals surface area contributed by atoms with Crippen molar-refractivity contribution in [2.24, 2.45) is 0 Å². The zero-order valence-corrected chi connectivity index (χ0v) is 21.5. The number of ether oxygens (including phenoxy) is 1. The minimum absolute atomic E-state index is 0.0452. The Balaban J connectivity index is 2.07. The summed E-state index contributed by atoms with van der Waals surface area (Å²) in [5, 5.41) is 0.0452. The molecule has 0 radical (unpaired) electrons. The highest BCUT2D eigenvalue weighted by Gasteiger charge is 2.41. The van der Waals surface area contributed by atoms with E-state index >= 15 is 0 Å². The molecule has 0 unspecified atom stereocenters. The molecule has 0 bridgehead atoms. The van der Waals surface area contributed by atoms with Crippen molar-refractivity contribution in [1.29, 1.82) is 0 Å². The van der Waals surface area contributed by atoms with Gasteiger partial charge in [-0.3, -0.25) is 0 Å². The second kappa shape index (κ2) is 10.6. The van der Waals surface area contributed by atoms with Crippen LogP contribution in [-0.2, 0) is 19.6 Å². The number of aldehydes is 1. The highest BCUT2D eigenvalue weighted by Crippen LogP contribution is 2.42. The molecule has 0 saturated carbocycles. The van der Waals surface area contributed by atoms with Crippen LogP contribution < -0.4 is 0 Å². The summed E-state index contributed by atoms with van der Waals surface area (Å²) in [4.78, 5) is 11.6. The summed E-state index contributed by atoms with van der Waals surface area (Å²) in [5.41, 5.74) is 2.31. The van der Waals surface area contributed by atoms with Crippen molar-refractivity contribution in [2.45, 2.75) is 57.0 Å². The van der Waals surface area contributed by atoms with Gasteiger partial charge in [0.2, 0.25) is 0 Å². The van der Waals surface area contributed by atoms with Gasteiger partial charge in [0, 0.05) is 6.42 Å². The van der Waals surface area contributed by atoms with Crippen molar-refractivity contribution in [3.63, 3.8) is 0 Å². The normalized spacial score (nSPS) is 13.5. The number of carbonyl (C=O) groups is 1. The lowest BCUT2D eigenvalue weighted by Crippen LogP contribution is -2.46. The van der Waals surface area contributed by atoms with E-state index in [4.69, 9.17) is 9.16 Å². The third-order valence-electron chi connectivity index (χ3n) is 6.65. The lowest BCUT2D eigenvalue weighted by atomic mass is 9.80. The summed E-state index contributed by atoms with van der Waals surface area (Å²) in [6, 6.07) is 30.9. The van der Waals surface area contributed by atoms with Crippen LogP contribution in [0.2, 0.25) is 18.1 Å². The van der Waals surface area contributed by atoms with Crippen molar-refractivity contribution in [1.82, 2.24) is 0 Å². The monoisotopic (exact) mass is 460 g/mol. The van der Waals surface area contributed by atoms with Gasteiger partial charge in [-0.25, -0.2) is 0 Å². The van der Waals surface area contributed by atoms with Gasteiger partial charge in [-0.15, -0.1) is 0 Å². The van der Waals surface area contributed by atoms with Crippen LogP contribution in [0, 0.1) is 0 Å². The van der Waals surface area contributed by atoms with Crippen molar-refractivity contribution in [2.75, 3.05) is 6.61 Å². The molecule has 33 heavy (non-hydrogen) atoms. The van der Waals surface area contributed by atoms with Crippen LogP contribution in [0.5, 0.6) is 0 Å². The molecule has 0 aliphatic carbocycles. The van der Waals surface area contributed by atoms with Gasteiger partial charge in [0.1, 0.15) is 11.9 Å². The maximum absolute atomic E-state index is 11.6. The van der Waals surface area contributed by atoms with Gasteiger partial charge in [0.15, 0.2) is 8.32 Å². The Kier molecular flexibility index (Phi) is 8.06. The van der Waals surface area contributed by atoms with Gasteiger partial charge in [-0.2, -0.15) is 0 Å². The Morgan fingerprint density at radius 3 is 1.48 bits per heavy atom. The highest BCUT2D eigenvalue weighted by atomic mass is 28.4. The fourth-order valence-electron chi connectivity index (χ4n) is 3.84. The molecule has 0 fully saturated rings. The number of carbonyl (C=O) groups excluding carboxylic acids is 1. The van der Waals surface area contributed by atoms with Gasteiger partial charge in [0.25, 0.3) is 0 Å². The van der Waals surface area contributed by atoms with Crippen LogP contribution in [0.4, 0.5) is 0 Å². The molecule has 4 heteroatoms. The average Bonchev–Trinajstić information content (AvgIpc) is 2.81. The lowest BCUT2D eigenvalue weighted by Gasteiger charge is -2.41. The zero-order valence-electron chi connectivity index (χ0n) is 20.5. The fourth-order valence-corrected chi connectivity index (χ4v) is 5.19.